The Bertz CT molecular complexity index is 448. The highest BCUT2D eigenvalue weighted by atomic mass is 19.4. The molecule has 0 spiro atoms. The standard InChI is InChI=1S/C10H6F3N2O/c11-10(12,13)16-8-3-1-7(2-4-8)9-5-14-6-15-9/h1-5H,(H,14,15). The van der Waals surface area contributed by atoms with Crippen LogP contribution in [0.15, 0.2) is 30.5 Å². The fourth-order valence-electron chi connectivity index (χ4n) is 1.20. The molecule has 1 radical (unpaired) electrons. The molecule has 0 saturated heterocycles. The van der Waals surface area contributed by atoms with Crippen LogP contribution in [0.5, 0.6) is 5.75 Å². The van der Waals surface area contributed by atoms with E-state index in [1.54, 1.807) is 6.20 Å². The van der Waals surface area contributed by atoms with Gasteiger partial charge < -0.3 is 9.72 Å². The molecule has 1 heterocycles. The maximum absolute atomic E-state index is 11.9. The van der Waals surface area contributed by atoms with Gasteiger partial charge in [-0.15, -0.1) is 13.2 Å². The smallest absolute Gasteiger partial charge is 0.406 e. The highest BCUT2D eigenvalue weighted by molar-refractivity contribution is 5.58. The van der Waals surface area contributed by atoms with Crippen molar-refractivity contribution in [1.82, 2.24) is 9.97 Å². The number of hydrogen-bond donors (Lipinski definition) is 1. The molecule has 0 aliphatic rings. The molecule has 3 nitrogen and oxygen atoms in total. The van der Waals surface area contributed by atoms with Gasteiger partial charge in [-0.3, -0.25) is 0 Å². The van der Waals surface area contributed by atoms with Crippen molar-refractivity contribution in [2.45, 2.75) is 6.36 Å². The molecule has 83 valence electrons. The Hall–Kier alpha value is -1.98. The van der Waals surface area contributed by atoms with E-state index in [2.05, 4.69) is 21.0 Å². The number of nitrogens with zero attached hydrogens (tertiary/aromatic N) is 1. The zero-order chi connectivity index (χ0) is 11.6. The second-order valence-electron chi connectivity index (χ2n) is 2.97. The maximum Gasteiger partial charge on any atom is 0.573 e. The average Bonchev–Trinajstić information content (AvgIpc) is 2.69. The number of halogens is 3. The third-order valence-corrected chi connectivity index (χ3v) is 1.83. The van der Waals surface area contributed by atoms with Gasteiger partial charge in [0.2, 0.25) is 0 Å². The van der Waals surface area contributed by atoms with Gasteiger partial charge in [0.05, 0.1) is 5.69 Å². The van der Waals surface area contributed by atoms with Crippen LogP contribution in [0.25, 0.3) is 11.3 Å². The first-order valence-electron chi connectivity index (χ1n) is 4.32. The lowest BCUT2D eigenvalue weighted by atomic mass is 10.2. The van der Waals surface area contributed by atoms with Gasteiger partial charge in [0.15, 0.2) is 6.33 Å². The van der Waals surface area contributed by atoms with Crippen molar-refractivity contribution in [3.05, 3.63) is 36.8 Å². The summed E-state index contributed by atoms with van der Waals surface area (Å²) in [5.41, 5.74) is 1.30. The fraction of sp³-hybridized carbons (Fsp3) is 0.100. The Morgan fingerprint density at radius 3 is 2.38 bits per heavy atom. The van der Waals surface area contributed by atoms with Crippen LogP contribution >= 0.6 is 0 Å². The van der Waals surface area contributed by atoms with Crippen LogP contribution in [0, 0.1) is 6.33 Å². The molecule has 2 rings (SSSR count). The summed E-state index contributed by atoms with van der Waals surface area (Å²) in [5, 5.41) is 0. The third-order valence-electron chi connectivity index (χ3n) is 1.83. The number of imidazole rings is 1. The summed E-state index contributed by atoms with van der Waals surface area (Å²) in [5.74, 6) is -0.254. The molecule has 0 bridgehead atoms. The number of rotatable bonds is 2. The second kappa shape index (κ2) is 3.88. The van der Waals surface area contributed by atoms with E-state index in [-0.39, 0.29) is 5.75 Å². The Balaban J connectivity index is 2.17. The number of benzene rings is 1. The van der Waals surface area contributed by atoms with Crippen LogP contribution in [0.3, 0.4) is 0 Å². The van der Waals surface area contributed by atoms with Gasteiger partial charge in [-0.1, -0.05) is 0 Å². The van der Waals surface area contributed by atoms with E-state index in [4.69, 9.17) is 0 Å². The van der Waals surface area contributed by atoms with E-state index in [1.165, 1.54) is 24.3 Å². The van der Waals surface area contributed by atoms with Gasteiger partial charge in [0.25, 0.3) is 0 Å². The first-order chi connectivity index (χ1) is 7.54. The van der Waals surface area contributed by atoms with E-state index in [0.29, 0.717) is 11.3 Å². The highest BCUT2D eigenvalue weighted by Gasteiger charge is 2.30. The Labute approximate surface area is 88.9 Å². The minimum atomic E-state index is -4.67. The van der Waals surface area contributed by atoms with Gasteiger partial charge in [-0.2, -0.15) is 0 Å². The number of ether oxygens (including phenoxy) is 1. The molecule has 1 aromatic carbocycles. The fourth-order valence-corrected chi connectivity index (χ4v) is 1.20. The van der Waals surface area contributed by atoms with Gasteiger partial charge in [0, 0.05) is 11.8 Å². The van der Waals surface area contributed by atoms with Crippen LogP contribution in [-0.2, 0) is 0 Å². The molecular weight excluding hydrogens is 221 g/mol. The second-order valence-corrected chi connectivity index (χ2v) is 2.97. The zero-order valence-electron chi connectivity index (χ0n) is 7.88. The molecular formula is C10H6F3N2O. The SMILES string of the molecule is FC(F)(F)Oc1ccc(-c2c[nH][c]n2)cc1. The summed E-state index contributed by atoms with van der Waals surface area (Å²) in [6.45, 7) is 0. The molecule has 0 amide bonds. The summed E-state index contributed by atoms with van der Waals surface area (Å²) in [7, 11) is 0. The Morgan fingerprint density at radius 1 is 1.19 bits per heavy atom. The van der Waals surface area contributed by atoms with Gasteiger partial charge >= 0.3 is 6.36 Å². The topological polar surface area (TPSA) is 37.9 Å². The lowest BCUT2D eigenvalue weighted by Gasteiger charge is -2.08. The average molecular weight is 227 g/mol. The summed E-state index contributed by atoms with van der Waals surface area (Å²) >= 11 is 0. The minimum Gasteiger partial charge on any atom is -0.406 e. The van der Waals surface area contributed by atoms with Crippen LogP contribution in [0.4, 0.5) is 13.2 Å². The number of aromatic amines is 1. The number of aromatic nitrogens is 2. The van der Waals surface area contributed by atoms with Crippen LogP contribution in [-0.4, -0.2) is 16.3 Å². The van der Waals surface area contributed by atoms with Crippen molar-refractivity contribution in [3.63, 3.8) is 0 Å². The molecule has 0 aliphatic carbocycles. The minimum absolute atomic E-state index is 0.254. The van der Waals surface area contributed by atoms with Crippen molar-refractivity contribution in [1.29, 1.82) is 0 Å². The van der Waals surface area contributed by atoms with Crippen LogP contribution in [0.1, 0.15) is 0 Å². The number of hydrogen-bond acceptors (Lipinski definition) is 2. The van der Waals surface area contributed by atoms with Crippen molar-refractivity contribution >= 4 is 0 Å². The molecule has 0 fully saturated rings. The predicted molar refractivity (Wildman–Crippen MR) is 49.5 cm³/mol. The summed E-state index contributed by atoms with van der Waals surface area (Å²) in [4.78, 5) is 6.48. The predicted octanol–water partition coefficient (Wildman–Crippen LogP) is 2.78. The Kier molecular flexibility index (Phi) is 2.55. The van der Waals surface area contributed by atoms with Crippen molar-refractivity contribution in [2.24, 2.45) is 0 Å². The van der Waals surface area contributed by atoms with Crippen molar-refractivity contribution < 1.29 is 17.9 Å². The molecule has 0 atom stereocenters. The van der Waals surface area contributed by atoms with E-state index >= 15 is 0 Å². The van der Waals surface area contributed by atoms with Gasteiger partial charge in [-0.05, 0) is 24.3 Å². The quantitative estimate of drug-likeness (QED) is 0.856. The van der Waals surface area contributed by atoms with Crippen LogP contribution < -0.4 is 4.74 Å². The Morgan fingerprint density at radius 2 is 1.88 bits per heavy atom. The van der Waals surface area contributed by atoms with Crippen molar-refractivity contribution in [2.75, 3.05) is 0 Å². The molecule has 2 aromatic rings. The lowest BCUT2D eigenvalue weighted by molar-refractivity contribution is -0.274. The maximum atomic E-state index is 11.9. The zero-order valence-corrected chi connectivity index (χ0v) is 7.88. The van der Waals surface area contributed by atoms with Gasteiger partial charge in [-0.25, -0.2) is 4.98 Å². The van der Waals surface area contributed by atoms with Crippen molar-refractivity contribution in [3.8, 4) is 17.0 Å². The first kappa shape index (κ1) is 10.5. The normalized spacial score (nSPS) is 11.4. The molecule has 1 N–H and O–H groups in total. The lowest BCUT2D eigenvalue weighted by Crippen LogP contribution is -2.16. The number of alkyl halides is 3. The van der Waals surface area contributed by atoms with Gasteiger partial charge in [0.1, 0.15) is 5.75 Å². The monoisotopic (exact) mass is 227 g/mol. The molecule has 0 unspecified atom stereocenters. The van der Waals surface area contributed by atoms with Crippen LogP contribution in [0.2, 0.25) is 0 Å². The molecule has 6 heteroatoms. The third kappa shape index (κ3) is 2.53. The van der Waals surface area contributed by atoms with E-state index in [0.717, 1.165) is 0 Å². The summed E-state index contributed by atoms with van der Waals surface area (Å²) in [6.07, 6.45) is -0.573. The molecule has 1 aromatic heterocycles. The van der Waals surface area contributed by atoms with E-state index in [1.807, 2.05) is 0 Å². The number of nitrogens with one attached hydrogen (secondary N) is 1. The largest absolute Gasteiger partial charge is 0.573 e. The molecule has 16 heavy (non-hydrogen) atoms. The first-order valence-corrected chi connectivity index (χ1v) is 4.32. The molecule has 0 saturated carbocycles. The number of H-pyrrole nitrogens is 1. The van der Waals surface area contributed by atoms with E-state index in [9.17, 15) is 13.2 Å². The summed E-state index contributed by atoms with van der Waals surface area (Å²) < 4.78 is 39.4. The molecule has 0 aliphatic heterocycles. The van der Waals surface area contributed by atoms with E-state index < -0.39 is 6.36 Å². The summed E-state index contributed by atoms with van der Waals surface area (Å²) in [6, 6.07) is 5.45. The highest BCUT2D eigenvalue weighted by Crippen LogP contribution is 2.25.